The summed E-state index contributed by atoms with van der Waals surface area (Å²) < 4.78 is 2.05. The maximum Gasteiger partial charge on any atom is 0.244 e. The minimum Gasteiger partial charge on any atom is -0.326 e. The van der Waals surface area contributed by atoms with Gasteiger partial charge in [-0.1, -0.05) is 29.8 Å². The molecule has 1 heterocycles. The van der Waals surface area contributed by atoms with Gasteiger partial charge in [-0.2, -0.15) is 5.10 Å². The molecule has 1 aliphatic carbocycles. The van der Waals surface area contributed by atoms with Gasteiger partial charge < -0.3 is 10.6 Å². The fourth-order valence-electron chi connectivity index (χ4n) is 2.96. The van der Waals surface area contributed by atoms with E-state index in [1.54, 1.807) is 28.8 Å². The Morgan fingerprint density at radius 1 is 1.07 bits per heavy atom. The van der Waals surface area contributed by atoms with Crippen molar-refractivity contribution in [1.29, 1.82) is 0 Å². The molecule has 0 radical (unpaired) electrons. The first kappa shape index (κ1) is 19.1. The van der Waals surface area contributed by atoms with Gasteiger partial charge in [-0.05, 0) is 56.2 Å². The number of nitrogens with one attached hydrogen (secondary N) is 3. The third-order valence-corrected chi connectivity index (χ3v) is 5.07. The second-order valence-corrected chi connectivity index (χ2v) is 7.58. The number of nitrogens with zero attached hydrogens (tertiary/aromatic N) is 2. The number of hydrogen-bond acceptors (Lipinski definition) is 4. The summed E-state index contributed by atoms with van der Waals surface area (Å²) in [5.41, 5.74) is 3.39. The van der Waals surface area contributed by atoms with E-state index >= 15 is 0 Å². The van der Waals surface area contributed by atoms with Crippen LogP contribution < -0.4 is 10.6 Å². The van der Waals surface area contributed by atoms with Crippen LogP contribution in [0.1, 0.15) is 18.4 Å². The Kier molecular flexibility index (Phi) is 5.26. The summed E-state index contributed by atoms with van der Waals surface area (Å²) in [7, 11) is 0. The molecule has 2 amide bonds. The van der Waals surface area contributed by atoms with Gasteiger partial charge in [-0.25, -0.2) is 0 Å². The van der Waals surface area contributed by atoms with Crippen LogP contribution in [0.25, 0.3) is 11.4 Å². The molecule has 0 spiro atoms. The Morgan fingerprint density at radius 2 is 1.69 bits per heavy atom. The van der Waals surface area contributed by atoms with Crippen LogP contribution in [0.4, 0.5) is 11.4 Å². The number of anilines is 2. The highest BCUT2D eigenvalue weighted by molar-refractivity contribution is 7.71. The van der Waals surface area contributed by atoms with E-state index in [1.807, 2.05) is 31.2 Å². The number of aryl methyl sites for hydroxylation is 1. The smallest absolute Gasteiger partial charge is 0.244 e. The van der Waals surface area contributed by atoms with Crippen LogP contribution in [0.5, 0.6) is 0 Å². The summed E-state index contributed by atoms with van der Waals surface area (Å²) >= 11 is 5.29. The number of aromatic nitrogens is 3. The van der Waals surface area contributed by atoms with Crippen LogP contribution in [0.2, 0.25) is 0 Å². The quantitative estimate of drug-likeness (QED) is 0.541. The Hall–Kier alpha value is -3.26. The molecule has 148 valence electrons. The van der Waals surface area contributed by atoms with Gasteiger partial charge in [0.05, 0.1) is 0 Å². The van der Waals surface area contributed by atoms with E-state index in [0.29, 0.717) is 16.3 Å². The van der Waals surface area contributed by atoms with E-state index in [1.165, 1.54) is 0 Å². The molecule has 1 aliphatic rings. The maximum atomic E-state index is 12.5. The first-order valence-electron chi connectivity index (χ1n) is 9.42. The highest BCUT2D eigenvalue weighted by Crippen LogP contribution is 2.30. The Balaban J connectivity index is 1.42. The molecule has 29 heavy (non-hydrogen) atoms. The predicted molar refractivity (Wildman–Crippen MR) is 114 cm³/mol. The third-order valence-electron chi connectivity index (χ3n) is 4.75. The number of hydrogen-bond donors (Lipinski definition) is 3. The maximum absolute atomic E-state index is 12.5. The minimum atomic E-state index is -0.217. The van der Waals surface area contributed by atoms with Gasteiger partial charge in [0.1, 0.15) is 6.54 Å². The molecule has 3 aromatic rings. The topological polar surface area (TPSA) is 91.8 Å². The number of carbonyl (C=O) groups is 2. The molecular weight excluding hydrogens is 386 g/mol. The summed E-state index contributed by atoms with van der Waals surface area (Å²) in [6, 6.07) is 14.9. The number of amides is 2. The summed E-state index contributed by atoms with van der Waals surface area (Å²) in [6.45, 7) is 2.05. The second kappa shape index (κ2) is 8.00. The average molecular weight is 407 g/mol. The summed E-state index contributed by atoms with van der Waals surface area (Å²) in [4.78, 5) is 24.4. The van der Waals surface area contributed by atoms with Gasteiger partial charge in [-0.15, -0.1) is 0 Å². The molecule has 8 heteroatoms. The lowest BCUT2D eigenvalue weighted by Gasteiger charge is -2.10. The van der Waals surface area contributed by atoms with Gasteiger partial charge in [0.15, 0.2) is 10.6 Å². The molecule has 0 saturated heterocycles. The van der Waals surface area contributed by atoms with Crippen molar-refractivity contribution >= 4 is 35.4 Å². The predicted octanol–water partition coefficient (Wildman–Crippen LogP) is 3.90. The number of carbonyl (C=O) groups excluding carboxylic acids is 2. The monoisotopic (exact) mass is 407 g/mol. The lowest BCUT2D eigenvalue weighted by Crippen LogP contribution is -2.19. The fraction of sp³-hybridized carbons (Fsp3) is 0.238. The van der Waals surface area contributed by atoms with Crippen molar-refractivity contribution < 1.29 is 9.59 Å². The zero-order valence-electron chi connectivity index (χ0n) is 15.9. The van der Waals surface area contributed by atoms with E-state index in [0.717, 1.165) is 29.7 Å². The molecule has 0 bridgehead atoms. The van der Waals surface area contributed by atoms with Crippen molar-refractivity contribution in [2.45, 2.75) is 26.3 Å². The number of H-pyrrole nitrogens is 1. The van der Waals surface area contributed by atoms with Gasteiger partial charge in [0.25, 0.3) is 0 Å². The van der Waals surface area contributed by atoms with Crippen molar-refractivity contribution in [2.75, 3.05) is 10.6 Å². The van der Waals surface area contributed by atoms with Crippen LogP contribution in [0.15, 0.2) is 48.5 Å². The molecule has 1 aromatic heterocycles. The molecule has 0 unspecified atom stereocenters. The fourth-order valence-corrected chi connectivity index (χ4v) is 3.15. The lowest BCUT2D eigenvalue weighted by atomic mass is 10.1. The molecule has 3 N–H and O–H groups in total. The molecule has 2 aromatic carbocycles. The highest BCUT2D eigenvalue weighted by Gasteiger charge is 2.29. The van der Waals surface area contributed by atoms with Crippen LogP contribution in [0.3, 0.4) is 0 Å². The summed E-state index contributed by atoms with van der Waals surface area (Å²) in [6.07, 6.45) is 1.92. The van der Waals surface area contributed by atoms with Crippen LogP contribution >= 0.6 is 12.2 Å². The van der Waals surface area contributed by atoms with E-state index in [4.69, 9.17) is 12.2 Å². The first-order valence-corrected chi connectivity index (χ1v) is 9.83. The third kappa shape index (κ3) is 4.60. The van der Waals surface area contributed by atoms with Crippen LogP contribution in [0, 0.1) is 17.6 Å². The number of rotatable bonds is 6. The van der Waals surface area contributed by atoms with Crippen LogP contribution in [-0.4, -0.2) is 26.6 Å². The lowest BCUT2D eigenvalue weighted by molar-refractivity contribution is -0.117. The van der Waals surface area contributed by atoms with Crippen molar-refractivity contribution in [1.82, 2.24) is 14.8 Å². The van der Waals surface area contributed by atoms with Gasteiger partial charge in [-0.3, -0.25) is 19.3 Å². The average Bonchev–Trinajstić information content (AvgIpc) is 3.50. The SMILES string of the molecule is Cc1ccc(-c2n[nH]c(=S)n2CC(=O)Nc2ccc(NC(=O)C3CC3)cc2)cc1. The van der Waals surface area contributed by atoms with Crippen LogP contribution in [-0.2, 0) is 16.1 Å². The molecule has 0 aliphatic heterocycles. The van der Waals surface area contributed by atoms with Crippen molar-refractivity contribution in [2.24, 2.45) is 5.92 Å². The van der Waals surface area contributed by atoms with E-state index in [9.17, 15) is 9.59 Å². The second-order valence-electron chi connectivity index (χ2n) is 7.19. The zero-order chi connectivity index (χ0) is 20.4. The van der Waals surface area contributed by atoms with Gasteiger partial charge in [0.2, 0.25) is 11.8 Å². The standard InChI is InChI=1S/C21H21N5O2S/c1-13-2-4-14(5-3-13)19-24-25-21(29)26(19)12-18(27)22-16-8-10-17(11-9-16)23-20(28)15-6-7-15/h2-5,8-11,15H,6-7,12H2,1H3,(H,22,27)(H,23,28)(H,25,29). The summed E-state index contributed by atoms with van der Waals surface area (Å²) in [5.74, 6) is 0.602. The Labute approximate surface area is 173 Å². The number of aromatic amines is 1. The van der Waals surface area contributed by atoms with Crippen molar-refractivity contribution in [3.63, 3.8) is 0 Å². The summed E-state index contributed by atoms with van der Waals surface area (Å²) in [5, 5.41) is 12.7. The molecular formula is C21H21N5O2S. The minimum absolute atomic E-state index is 0.0404. The normalized spacial score (nSPS) is 13.1. The zero-order valence-corrected chi connectivity index (χ0v) is 16.8. The molecule has 1 fully saturated rings. The van der Waals surface area contributed by atoms with E-state index in [-0.39, 0.29) is 24.3 Å². The van der Waals surface area contributed by atoms with E-state index < -0.39 is 0 Å². The Bertz CT molecular complexity index is 1100. The van der Waals surface area contributed by atoms with Gasteiger partial charge in [0, 0.05) is 22.9 Å². The largest absolute Gasteiger partial charge is 0.326 e. The van der Waals surface area contributed by atoms with E-state index in [2.05, 4.69) is 20.8 Å². The molecule has 1 saturated carbocycles. The molecule has 7 nitrogen and oxygen atoms in total. The van der Waals surface area contributed by atoms with Gasteiger partial charge >= 0.3 is 0 Å². The first-order chi connectivity index (χ1) is 14.0. The van der Waals surface area contributed by atoms with Crippen molar-refractivity contribution in [3.05, 3.63) is 58.9 Å². The highest BCUT2D eigenvalue weighted by atomic mass is 32.1. The number of benzene rings is 2. The van der Waals surface area contributed by atoms with Crippen molar-refractivity contribution in [3.8, 4) is 11.4 Å². The molecule has 4 rings (SSSR count). The Morgan fingerprint density at radius 3 is 2.31 bits per heavy atom. The molecule has 0 atom stereocenters.